The van der Waals surface area contributed by atoms with Crippen LogP contribution in [0.4, 0.5) is 0 Å². The number of ketones is 1. The number of rotatable bonds is 2. The summed E-state index contributed by atoms with van der Waals surface area (Å²) in [6, 6.07) is 3.93. The Bertz CT molecular complexity index is 491. The van der Waals surface area contributed by atoms with Crippen LogP contribution in [0.1, 0.15) is 4.88 Å². The van der Waals surface area contributed by atoms with Gasteiger partial charge in [-0.2, -0.15) is 0 Å². The number of carbonyl (C=O) groups is 2. The van der Waals surface area contributed by atoms with Crippen molar-refractivity contribution in [2.45, 2.75) is 6.42 Å². The van der Waals surface area contributed by atoms with Crippen LogP contribution < -0.4 is 0 Å². The van der Waals surface area contributed by atoms with E-state index in [2.05, 4.69) is 26.4 Å². The summed E-state index contributed by atoms with van der Waals surface area (Å²) in [7, 11) is 0. The van der Waals surface area contributed by atoms with Gasteiger partial charge in [-0.3, -0.25) is 4.79 Å². The van der Waals surface area contributed by atoms with Gasteiger partial charge in [0, 0.05) is 11.3 Å². The lowest BCUT2D eigenvalue weighted by Crippen LogP contribution is -1.98. The van der Waals surface area contributed by atoms with E-state index in [-0.39, 0.29) is 18.0 Å². The van der Waals surface area contributed by atoms with Gasteiger partial charge in [0.2, 0.25) is 5.78 Å². The first kappa shape index (κ1) is 11.3. The summed E-state index contributed by atoms with van der Waals surface area (Å²) in [4.78, 5) is 23.4. The first-order chi connectivity index (χ1) is 7.66. The van der Waals surface area contributed by atoms with Crippen molar-refractivity contribution >= 4 is 39.0 Å². The Labute approximate surface area is 105 Å². The van der Waals surface area contributed by atoms with E-state index in [9.17, 15) is 9.59 Å². The van der Waals surface area contributed by atoms with Crippen LogP contribution in [0.5, 0.6) is 0 Å². The van der Waals surface area contributed by atoms with Crippen molar-refractivity contribution in [1.29, 1.82) is 0 Å². The van der Waals surface area contributed by atoms with Crippen molar-refractivity contribution in [1.82, 2.24) is 0 Å². The Balaban J connectivity index is 2.11. The highest BCUT2D eigenvalue weighted by molar-refractivity contribution is 9.11. The fourth-order valence-corrected chi connectivity index (χ4v) is 2.69. The number of cyclic esters (lactones) is 1. The highest BCUT2D eigenvalue weighted by Gasteiger charge is 2.27. The molecular formula is C11H7BrO3S. The summed E-state index contributed by atoms with van der Waals surface area (Å²) in [5, 5.41) is 0. The van der Waals surface area contributed by atoms with E-state index >= 15 is 0 Å². The van der Waals surface area contributed by atoms with Gasteiger partial charge in [-0.25, -0.2) is 4.79 Å². The molecule has 0 radical (unpaired) electrons. The van der Waals surface area contributed by atoms with Gasteiger partial charge in [0.05, 0.1) is 3.79 Å². The molecule has 0 amide bonds. The normalized spacial score (nSPS) is 14.9. The monoisotopic (exact) mass is 298 g/mol. The Morgan fingerprint density at radius 2 is 2.31 bits per heavy atom. The van der Waals surface area contributed by atoms with E-state index in [4.69, 9.17) is 0 Å². The maximum atomic E-state index is 11.2. The van der Waals surface area contributed by atoms with Crippen LogP contribution in [0.25, 0.3) is 0 Å². The molecule has 0 N–H and O–H groups in total. The molecule has 1 saturated heterocycles. The molecule has 1 aliphatic rings. The summed E-state index contributed by atoms with van der Waals surface area (Å²) in [6.07, 6.45) is 2.33. The second kappa shape index (κ2) is 4.78. The quantitative estimate of drug-likeness (QED) is 0.364. The average molecular weight is 299 g/mol. The van der Waals surface area contributed by atoms with E-state index in [1.165, 1.54) is 0 Å². The summed E-state index contributed by atoms with van der Waals surface area (Å²) in [5.41, 5.74) is 2.72. The van der Waals surface area contributed by atoms with E-state index in [0.717, 1.165) is 8.66 Å². The molecule has 3 nitrogen and oxygen atoms in total. The molecule has 16 heavy (non-hydrogen) atoms. The van der Waals surface area contributed by atoms with Crippen LogP contribution in [0.15, 0.2) is 33.3 Å². The van der Waals surface area contributed by atoms with Crippen molar-refractivity contribution in [3.8, 4) is 0 Å². The van der Waals surface area contributed by atoms with Crippen LogP contribution in [-0.2, 0) is 20.7 Å². The number of thiophene rings is 1. The number of ether oxygens (including phenoxy) is 1. The zero-order valence-corrected chi connectivity index (χ0v) is 10.6. The molecule has 0 unspecified atom stereocenters. The highest BCUT2D eigenvalue weighted by atomic mass is 79.9. The van der Waals surface area contributed by atoms with E-state index < -0.39 is 5.97 Å². The zero-order chi connectivity index (χ0) is 11.5. The van der Waals surface area contributed by atoms with E-state index in [0.29, 0.717) is 6.42 Å². The lowest BCUT2D eigenvalue weighted by atomic mass is 10.2. The fourth-order valence-electron chi connectivity index (χ4n) is 1.24. The van der Waals surface area contributed by atoms with Gasteiger partial charge in [0.1, 0.15) is 5.57 Å². The van der Waals surface area contributed by atoms with Gasteiger partial charge in [-0.05, 0) is 34.1 Å². The second-order valence-electron chi connectivity index (χ2n) is 3.13. The van der Waals surface area contributed by atoms with Crippen molar-refractivity contribution in [3.05, 3.63) is 38.2 Å². The van der Waals surface area contributed by atoms with Crippen molar-refractivity contribution in [3.63, 3.8) is 0 Å². The Hall–Kier alpha value is -1.16. The molecule has 2 rings (SSSR count). The molecule has 2 heterocycles. The third kappa shape index (κ3) is 2.50. The molecule has 1 aromatic heterocycles. The topological polar surface area (TPSA) is 43.4 Å². The molecule has 0 aromatic carbocycles. The molecule has 0 saturated carbocycles. The third-order valence-electron chi connectivity index (χ3n) is 2.00. The average Bonchev–Trinajstić information content (AvgIpc) is 2.78. The SMILES string of the molecule is O=C1COC(=O)C1=C=CCc1ccc(Br)s1. The molecule has 0 aliphatic carbocycles. The molecule has 1 aliphatic heterocycles. The summed E-state index contributed by atoms with van der Waals surface area (Å²) >= 11 is 4.97. The van der Waals surface area contributed by atoms with Gasteiger partial charge >= 0.3 is 5.97 Å². The molecule has 0 bridgehead atoms. The predicted molar refractivity (Wildman–Crippen MR) is 63.3 cm³/mol. The lowest BCUT2D eigenvalue weighted by molar-refractivity contribution is -0.135. The largest absolute Gasteiger partial charge is 0.453 e. The Morgan fingerprint density at radius 3 is 2.88 bits per heavy atom. The molecule has 82 valence electrons. The molecule has 1 fully saturated rings. The van der Waals surface area contributed by atoms with Crippen molar-refractivity contribution in [2.24, 2.45) is 0 Å². The number of hydrogen-bond acceptors (Lipinski definition) is 4. The van der Waals surface area contributed by atoms with Gasteiger partial charge in [-0.1, -0.05) is 0 Å². The maximum absolute atomic E-state index is 11.2. The minimum Gasteiger partial charge on any atom is -0.453 e. The van der Waals surface area contributed by atoms with Gasteiger partial charge in [0.25, 0.3) is 0 Å². The summed E-state index contributed by atoms with van der Waals surface area (Å²) in [5.74, 6) is -0.873. The molecule has 0 atom stereocenters. The van der Waals surface area contributed by atoms with Crippen LogP contribution in [-0.4, -0.2) is 18.4 Å². The third-order valence-corrected chi connectivity index (χ3v) is 3.64. The molecule has 5 heteroatoms. The van der Waals surface area contributed by atoms with Crippen LogP contribution >= 0.6 is 27.3 Å². The number of Topliss-reactive ketones (excluding diaryl/α,β-unsaturated/α-hetero) is 1. The molecule has 0 spiro atoms. The second-order valence-corrected chi connectivity index (χ2v) is 5.68. The highest BCUT2D eigenvalue weighted by Crippen LogP contribution is 2.22. The number of esters is 1. The maximum Gasteiger partial charge on any atom is 0.350 e. The first-order valence-electron chi connectivity index (χ1n) is 4.56. The predicted octanol–water partition coefficient (Wildman–Crippen LogP) is 2.26. The number of carbonyl (C=O) groups excluding carboxylic acids is 2. The minimum atomic E-state index is -0.575. The Kier molecular flexibility index (Phi) is 3.39. The van der Waals surface area contributed by atoms with E-state index in [1.54, 1.807) is 17.4 Å². The van der Waals surface area contributed by atoms with Crippen LogP contribution in [0, 0.1) is 0 Å². The number of hydrogen-bond donors (Lipinski definition) is 0. The summed E-state index contributed by atoms with van der Waals surface area (Å²) in [6.45, 7) is -0.153. The molecular weight excluding hydrogens is 292 g/mol. The van der Waals surface area contributed by atoms with Gasteiger partial charge < -0.3 is 4.74 Å². The molecule has 1 aromatic rings. The van der Waals surface area contributed by atoms with Crippen molar-refractivity contribution in [2.75, 3.05) is 6.61 Å². The minimum absolute atomic E-state index is 0.0237. The standard InChI is InChI=1S/C11H7BrO3S/c12-10-5-4-7(16-10)2-1-3-8-9(13)6-15-11(8)14/h1,4-5H,2,6H2. The first-order valence-corrected chi connectivity index (χ1v) is 6.17. The summed E-state index contributed by atoms with van der Waals surface area (Å²) < 4.78 is 5.63. The van der Waals surface area contributed by atoms with Crippen LogP contribution in [0.3, 0.4) is 0 Å². The van der Waals surface area contributed by atoms with Crippen LogP contribution in [0.2, 0.25) is 0 Å². The van der Waals surface area contributed by atoms with Crippen molar-refractivity contribution < 1.29 is 14.3 Å². The zero-order valence-electron chi connectivity index (χ0n) is 8.16. The fraction of sp³-hybridized carbons (Fsp3) is 0.182. The van der Waals surface area contributed by atoms with E-state index in [1.807, 2.05) is 12.1 Å². The lowest BCUT2D eigenvalue weighted by Gasteiger charge is -1.85. The Morgan fingerprint density at radius 1 is 1.50 bits per heavy atom. The smallest absolute Gasteiger partial charge is 0.350 e. The van der Waals surface area contributed by atoms with Gasteiger partial charge in [0.15, 0.2) is 6.61 Å². The van der Waals surface area contributed by atoms with Gasteiger partial charge in [-0.15, -0.1) is 17.1 Å². The number of halogens is 1.